The van der Waals surface area contributed by atoms with E-state index >= 15 is 0 Å². The van der Waals surface area contributed by atoms with Gasteiger partial charge in [-0.1, -0.05) is 30.3 Å². The second kappa shape index (κ2) is 5.28. The zero-order chi connectivity index (χ0) is 15.7. The van der Waals surface area contributed by atoms with Gasteiger partial charge in [0.2, 0.25) is 10.0 Å². The first-order chi connectivity index (χ1) is 10.4. The van der Waals surface area contributed by atoms with E-state index in [1.165, 1.54) is 12.1 Å². The molecule has 0 bridgehead atoms. The Morgan fingerprint density at radius 3 is 2.18 bits per heavy atom. The third kappa shape index (κ3) is 2.72. The maximum atomic E-state index is 11.3. The minimum absolute atomic E-state index is 0.0465. The van der Waals surface area contributed by atoms with Crippen LogP contribution in [0.25, 0.3) is 16.9 Å². The number of nitrogens with two attached hydrogens (primary N) is 2. The normalized spacial score (nSPS) is 11.5. The predicted octanol–water partition coefficient (Wildman–Crippen LogP) is 1.77. The van der Waals surface area contributed by atoms with Crippen molar-refractivity contribution in [1.82, 2.24) is 9.78 Å². The molecule has 0 saturated heterocycles. The summed E-state index contributed by atoms with van der Waals surface area (Å²) in [7, 11) is -3.71. The summed E-state index contributed by atoms with van der Waals surface area (Å²) in [6, 6.07) is 17.5. The van der Waals surface area contributed by atoms with Crippen LogP contribution < -0.4 is 10.9 Å². The second-order valence-electron chi connectivity index (χ2n) is 4.77. The Labute approximate surface area is 128 Å². The van der Waals surface area contributed by atoms with Crippen LogP contribution in [0.2, 0.25) is 0 Å². The second-order valence-corrected chi connectivity index (χ2v) is 6.33. The van der Waals surface area contributed by atoms with E-state index < -0.39 is 10.0 Å². The van der Waals surface area contributed by atoms with Gasteiger partial charge in [0, 0.05) is 11.6 Å². The van der Waals surface area contributed by atoms with Gasteiger partial charge in [-0.2, -0.15) is 5.10 Å². The summed E-state index contributed by atoms with van der Waals surface area (Å²) in [5, 5.41) is 9.53. The molecule has 6 nitrogen and oxygen atoms in total. The van der Waals surface area contributed by atoms with Crippen molar-refractivity contribution < 1.29 is 8.42 Å². The smallest absolute Gasteiger partial charge is 0.238 e. The summed E-state index contributed by atoms with van der Waals surface area (Å²) in [6.07, 6.45) is 0. The molecule has 0 unspecified atom stereocenters. The molecule has 1 aromatic heterocycles. The van der Waals surface area contributed by atoms with Gasteiger partial charge in [0.25, 0.3) is 0 Å². The fraction of sp³-hybridized carbons (Fsp3) is 0. The first-order valence-electron chi connectivity index (χ1n) is 6.49. The van der Waals surface area contributed by atoms with Gasteiger partial charge in [0.1, 0.15) is 5.82 Å². The maximum Gasteiger partial charge on any atom is 0.238 e. The van der Waals surface area contributed by atoms with Crippen LogP contribution in [0, 0.1) is 0 Å². The highest BCUT2D eigenvalue weighted by molar-refractivity contribution is 7.89. The van der Waals surface area contributed by atoms with Gasteiger partial charge in [-0.05, 0) is 24.3 Å². The Hall–Kier alpha value is -2.64. The summed E-state index contributed by atoms with van der Waals surface area (Å²) in [4.78, 5) is 0.0465. The third-order valence-electron chi connectivity index (χ3n) is 3.22. The fourth-order valence-electron chi connectivity index (χ4n) is 2.13. The zero-order valence-electron chi connectivity index (χ0n) is 11.5. The maximum absolute atomic E-state index is 11.3. The SMILES string of the molecule is Nc1cc(-c2ccccc2)nn1-c1ccc(S(N)(=O)=O)cc1. The Kier molecular flexibility index (Phi) is 3.44. The molecule has 0 aliphatic rings. The van der Waals surface area contributed by atoms with Gasteiger partial charge in [-0.15, -0.1) is 0 Å². The highest BCUT2D eigenvalue weighted by Crippen LogP contribution is 2.23. The molecule has 22 heavy (non-hydrogen) atoms. The Morgan fingerprint density at radius 2 is 1.59 bits per heavy atom. The van der Waals surface area contributed by atoms with Crippen molar-refractivity contribution in [2.24, 2.45) is 5.14 Å². The number of aromatic nitrogens is 2. The van der Waals surface area contributed by atoms with Gasteiger partial charge < -0.3 is 5.73 Å². The molecular weight excluding hydrogens is 300 g/mol. The van der Waals surface area contributed by atoms with Crippen molar-refractivity contribution in [2.45, 2.75) is 4.90 Å². The molecule has 7 heteroatoms. The molecule has 2 aromatic carbocycles. The highest BCUT2D eigenvalue weighted by atomic mass is 32.2. The summed E-state index contributed by atoms with van der Waals surface area (Å²) in [5.41, 5.74) is 8.35. The average molecular weight is 314 g/mol. The van der Waals surface area contributed by atoms with Crippen LogP contribution in [0.3, 0.4) is 0 Å². The third-order valence-corrected chi connectivity index (χ3v) is 4.15. The number of anilines is 1. The minimum atomic E-state index is -3.71. The van der Waals surface area contributed by atoms with E-state index in [1.807, 2.05) is 30.3 Å². The van der Waals surface area contributed by atoms with Gasteiger partial charge in [0.05, 0.1) is 16.3 Å². The molecule has 1 heterocycles. The number of nitrogen functional groups attached to an aromatic ring is 1. The van der Waals surface area contributed by atoms with Crippen LogP contribution in [0.15, 0.2) is 65.6 Å². The summed E-state index contributed by atoms with van der Waals surface area (Å²) < 4.78 is 24.1. The standard InChI is InChI=1S/C15H14N4O2S/c16-15-10-14(11-4-2-1-3-5-11)18-19(15)12-6-8-13(9-7-12)22(17,20)21/h1-10H,16H2,(H2,17,20,21). The molecule has 0 radical (unpaired) electrons. The molecule has 0 saturated carbocycles. The van der Waals surface area contributed by atoms with Gasteiger partial charge in [0.15, 0.2) is 0 Å². The van der Waals surface area contributed by atoms with Crippen LogP contribution >= 0.6 is 0 Å². The van der Waals surface area contributed by atoms with Crippen molar-refractivity contribution in [3.05, 3.63) is 60.7 Å². The lowest BCUT2D eigenvalue weighted by molar-refractivity contribution is 0.598. The number of primary sulfonamides is 1. The Bertz CT molecular complexity index is 900. The van der Waals surface area contributed by atoms with Crippen LogP contribution in [0.5, 0.6) is 0 Å². The van der Waals surface area contributed by atoms with Crippen molar-refractivity contribution >= 4 is 15.8 Å². The first kappa shape index (κ1) is 14.3. The number of hydrogen-bond acceptors (Lipinski definition) is 4. The van der Waals surface area contributed by atoms with Crippen molar-refractivity contribution in [3.8, 4) is 16.9 Å². The zero-order valence-corrected chi connectivity index (χ0v) is 12.4. The number of benzene rings is 2. The monoisotopic (exact) mass is 314 g/mol. The van der Waals surface area contributed by atoms with Crippen molar-refractivity contribution in [1.29, 1.82) is 0 Å². The van der Waals surface area contributed by atoms with Crippen LogP contribution in [-0.2, 0) is 10.0 Å². The van der Waals surface area contributed by atoms with E-state index in [4.69, 9.17) is 10.9 Å². The average Bonchev–Trinajstić information content (AvgIpc) is 2.89. The number of rotatable bonds is 3. The van der Waals surface area contributed by atoms with Crippen LogP contribution in [0.4, 0.5) is 5.82 Å². The van der Waals surface area contributed by atoms with E-state index in [0.717, 1.165) is 11.3 Å². The van der Waals surface area contributed by atoms with Crippen molar-refractivity contribution in [2.75, 3.05) is 5.73 Å². The summed E-state index contributed by atoms with van der Waals surface area (Å²) in [5.74, 6) is 0.460. The highest BCUT2D eigenvalue weighted by Gasteiger charge is 2.11. The summed E-state index contributed by atoms with van der Waals surface area (Å²) >= 11 is 0. The lowest BCUT2D eigenvalue weighted by atomic mass is 10.2. The predicted molar refractivity (Wildman–Crippen MR) is 84.8 cm³/mol. The molecule has 112 valence electrons. The largest absolute Gasteiger partial charge is 0.384 e. The van der Waals surface area contributed by atoms with E-state index in [2.05, 4.69) is 5.10 Å². The van der Waals surface area contributed by atoms with Gasteiger partial charge in [-0.25, -0.2) is 18.2 Å². The molecule has 0 spiro atoms. The molecule has 0 atom stereocenters. The van der Waals surface area contributed by atoms with E-state index in [-0.39, 0.29) is 4.90 Å². The topological polar surface area (TPSA) is 104 Å². The lowest BCUT2D eigenvalue weighted by Gasteiger charge is -2.05. The lowest BCUT2D eigenvalue weighted by Crippen LogP contribution is -2.12. The van der Waals surface area contributed by atoms with E-state index in [9.17, 15) is 8.42 Å². The van der Waals surface area contributed by atoms with Crippen LogP contribution in [0.1, 0.15) is 0 Å². The molecule has 4 N–H and O–H groups in total. The minimum Gasteiger partial charge on any atom is -0.384 e. The Balaban J connectivity index is 2.01. The first-order valence-corrected chi connectivity index (χ1v) is 8.04. The quantitative estimate of drug-likeness (QED) is 0.768. The molecule has 3 rings (SSSR count). The number of nitrogens with zero attached hydrogens (tertiary/aromatic N) is 2. The van der Waals surface area contributed by atoms with Crippen molar-refractivity contribution in [3.63, 3.8) is 0 Å². The van der Waals surface area contributed by atoms with E-state index in [1.54, 1.807) is 22.9 Å². The van der Waals surface area contributed by atoms with Crippen LogP contribution in [-0.4, -0.2) is 18.2 Å². The number of hydrogen-bond donors (Lipinski definition) is 2. The molecule has 3 aromatic rings. The summed E-state index contributed by atoms with van der Waals surface area (Å²) in [6.45, 7) is 0. The molecular formula is C15H14N4O2S. The molecule has 0 amide bonds. The Morgan fingerprint density at radius 1 is 0.955 bits per heavy atom. The van der Waals surface area contributed by atoms with E-state index in [0.29, 0.717) is 11.5 Å². The molecule has 0 aliphatic carbocycles. The fourth-order valence-corrected chi connectivity index (χ4v) is 2.64. The molecule has 0 fully saturated rings. The number of sulfonamides is 1. The molecule has 0 aliphatic heterocycles. The van der Waals surface area contributed by atoms with Gasteiger partial charge >= 0.3 is 0 Å². The van der Waals surface area contributed by atoms with Gasteiger partial charge in [-0.3, -0.25) is 0 Å².